The zero-order chi connectivity index (χ0) is 23.1. The molecule has 1 aliphatic rings. The topological polar surface area (TPSA) is 61.9 Å². The Balaban J connectivity index is 1.69. The van der Waals surface area contributed by atoms with E-state index in [2.05, 4.69) is 22.0 Å². The average molecular weight is 446 g/mol. The molecule has 1 saturated heterocycles. The molecule has 0 aliphatic carbocycles. The Morgan fingerprint density at radius 2 is 1.78 bits per heavy atom. The third-order valence-electron chi connectivity index (χ3n) is 5.85. The molecule has 0 spiro atoms. The van der Waals surface area contributed by atoms with Crippen LogP contribution in [0.25, 0.3) is 0 Å². The number of likely N-dealkylation sites (N-methyl/N-ethyl adjacent to an activating group) is 1. The summed E-state index contributed by atoms with van der Waals surface area (Å²) in [6.07, 6.45) is -0.294. The van der Waals surface area contributed by atoms with Crippen molar-refractivity contribution >= 4 is 11.7 Å². The van der Waals surface area contributed by atoms with Gasteiger partial charge in [-0.2, -0.15) is 0 Å². The van der Waals surface area contributed by atoms with Gasteiger partial charge in [0.25, 0.3) is 5.91 Å². The highest BCUT2D eigenvalue weighted by Crippen LogP contribution is 2.29. The molecule has 3 rings (SSSR count). The van der Waals surface area contributed by atoms with Crippen LogP contribution < -0.4 is 10.1 Å². The Bertz CT molecular complexity index is 946. The van der Waals surface area contributed by atoms with Crippen LogP contribution in [0.4, 0.5) is 8.78 Å². The van der Waals surface area contributed by atoms with Crippen LogP contribution in [0.3, 0.4) is 0 Å². The van der Waals surface area contributed by atoms with Crippen molar-refractivity contribution in [2.45, 2.75) is 19.4 Å². The molecular weight excluding hydrogens is 416 g/mol. The van der Waals surface area contributed by atoms with Gasteiger partial charge >= 0.3 is 0 Å². The van der Waals surface area contributed by atoms with Crippen LogP contribution in [0.5, 0.6) is 5.75 Å². The number of methoxy groups -OCH3 is 1. The zero-order valence-corrected chi connectivity index (χ0v) is 18.4. The van der Waals surface area contributed by atoms with E-state index in [0.717, 1.165) is 56.2 Å². The van der Waals surface area contributed by atoms with Gasteiger partial charge < -0.3 is 15.0 Å². The second kappa shape index (κ2) is 11.2. The molecule has 1 heterocycles. The van der Waals surface area contributed by atoms with Crippen molar-refractivity contribution in [3.05, 3.63) is 65.2 Å². The highest BCUT2D eigenvalue weighted by atomic mass is 19.2. The molecule has 2 aromatic carbocycles. The van der Waals surface area contributed by atoms with E-state index in [4.69, 9.17) is 4.74 Å². The number of piperazine rings is 1. The summed E-state index contributed by atoms with van der Waals surface area (Å²) in [6, 6.07) is 10.7. The van der Waals surface area contributed by atoms with Crippen LogP contribution in [0.1, 0.15) is 24.1 Å². The molecule has 2 aromatic rings. The SMILES string of the molecule is CCN1CCN(C(CNC(=O)C(=O)Cc2ccc(F)c(F)c2)c2ccccc2OC)CC1. The first-order valence-corrected chi connectivity index (χ1v) is 10.8. The fourth-order valence-electron chi connectivity index (χ4n) is 3.97. The second-order valence-corrected chi connectivity index (χ2v) is 7.79. The standard InChI is InChI=1S/C24H29F2N3O3/c1-3-28-10-12-29(13-11-28)21(18-6-4-5-7-23(18)32-2)16-27-24(31)22(30)15-17-8-9-19(25)20(26)14-17/h4-9,14,21H,3,10-13,15-16H2,1-2H3,(H,27,31). The number of hydrogen-bond donors (Lipinski definition) is 1. The molecule has 1 unspecified atom stereocenters. The third-order valence-corrected chi connectivity index (χ3v) is 5.85. The third kappa shape index (κ3) is 5.89. The lowest BCUT2D eigenvalue weighted by atomic mass is 10.0. The van der Waals surface area contributed by atoms with Gasteiger partial charge in [0.2, 0.25) is 5.78 Å². The van der Waals surface area contributed by atoms with E-state index in [1.165, 1.54) is 6.07 Å². The van der Waals surface area contributed by atoms with Gasteiger partial charge in [-0.1, -0.05) is 31.2 Å². The van der Waals surface area contributed by atoms with Crippen LogP contribution in [0.15, 0.2) is 42.5 Å². The molecule has 1 amide bonds. The van der Waals surface area contributed by atoms with E-state index < -0.39 is 23.3 Å². The van der Waals surface area contributed by atoms with Gasteiger partial charge in [-0.05, 0) is 30.3 Å². The Morgan fingerprint density at radius 1 is 1.06 bits per heavy atom. The van der Waals surface area contributed by atoms with E-state index in [0.29, 0.717) is 0 Å². The summed E-state index contributed by atoms with van der Waals surface area (Å²) in [5.41, 5.74) is 1.19. The Hall–Kier alpha value is -2.84. The highest BCUT2D eigenvalue weighted by molar-refractivity contribution is 6.36. The van der Waals surface area contributed by atoms with Crippen molar-refractivity contribution in [2.24, 2.45) is 0 Å². The maximum Gasteiger partial charge on any atom is 0.287 e. The summed E-state index contributed by atoms with van der Waals surface area (Å²) >= 11 is 0. The number of nitrogens with one attached hydrogen (secondary N) is 1. The van der Waals surface area contributed by atoms with Crippen molar-refractivity contribution < 1.29 is 23.1 Å². The highest BCUT2D eigenvalue weighted by Gasteiger charge is 2.28. The molecule has 0 radical (unpaired) electrons. The molecule has 6 nitrogen and oxygen atoms in total. The number of para-hydroxylation sites is 1. The van der Waals surface area contributed by atoms with Gasteiger partial charge in [0, 0.05) is 44.7 Å². The van der Waals surface area contributed by atoms with E-state index in [1.54, 1.807) is 7.11 Å². The van der Waals surface area contributed by atoms with Crippen LogP contribution >= 0.6 is 0 Å². The first kappa shape index (κ1) is 23.8. The molecule has 0 aromatic heterocycles. The van der Waals surface area contributed by atoms with Gasteiger partial charge in [0.1, 0.15) is 5.75 Å². The minimum atomic E-state index is -1.04. The van der Waals surface area contributed by atoms with Gasteiger partial charge in [0.15, 0.2) is 11.6 Å². The lowest BCUT2D eigenvalue weighted by molar-refractivity contribution is -0.137. The molecule has 172 valence electrons. The molecule has 0 bridgehead atoms. The largest absolute Gasteiger partial charge is 0.496 e. The fourth-order valence-corrected chi connectivity index (χ4v) is 3.97. The quantitative estimate of drug-likeness (QED) is 0.602. The molecule has 1 fully saturated rings. The van der Waals surface area contributed by atoms with E-state index in [1.807, 2.05) is 24.3 Å². The monoisotopic (exact) mass is 445 g/mol. The summed E-state index contributed by atoms with van der Waals surface area (Å²) < 4.78 is 32.0. The minimum absolute atomic E-state index is 0.162. The maximum atomic E-state index is 13.4. The smallest absolute Gasteiger partial charge is 0.287 e. The summed E-state index contributed by atoms with van der Waals surface area (Å²) in [5.74, 6) is -2.77. The van der Waals surface area contributed by atoms with Crippen molar-refractivity contribution in [3.63, 3.8) is 0 Å². The normalized spacial score (nSPS) is 15.9. The van der Waals surface area contributed by atoms with Crippen LogP contribution in [0.2, 0.25) is 0 Å². The number of ketones is 1. The van der Waals surface area contributed by atoms with Crippen LogP contribution in [-0.4, -0.2) is 67.9 Å². The Kier molecular flexibility index (Phi) is 8.30. The Labute approximate surface area is 187 Å². The van der Waals surface area contributed by atoms with Crippen LogP contribution in [-0.2, 0) is 16.0 Å². The molecule has 8 heteroatoms. The summed E-state index contributed by atoms with van der Waals surface area (Å²) in [6.45, 7) is 6.85. The Morgan fingerprint density at radius 3 is 2.44 bits per heavy atom. The van der Waals surface area contributed by atoms with Gasteiger partial charge in [-0.25, -0.2) is 8.78 Å². The van der Waals surface area contributed by atoms with Crippen molar-refractivity contribution in [3.8, 4) is 5.75 Å². The van der Waals surface area contributed by atoms with Gasteiger partial charge in [0.05, 0.1) is 13.2 Å². The fraction of sp³-hybridized carbons (Fsp3) is 0.417. The van der Waals surface area contributed by atoms with Crippen molar-refractivity contribution in [1.29, 1.82) is 0 Å². The zero-order valence-electron chi connectivity index (χ0n) is 18.4. The average Bonchev–Trinajstić information content (AvgIpc) is 2.82. The minimum Gasteiger partial charge on any atom is -0.496 e. The molecule has 0 saturated carbocycles. The number of Topliss-reactive ketones (excluding diaryl/α,β-unsaturated/α-hetero) is 1. The number of ether oxygens (including phenoxy) is 1. The summed E-state index contributed by atoms with van der Waals surface area (Å²) in [4.78, 5) is 29.5. The lowest BCUT2D eigenvalue weighted by Crippen LogP contribution is -2.50. The number of hydrogen-bond acceptors (Lipinski definition) is 5. The molecular formula is C24H29F2N3O3. The number of benzene rings is 2. The number of rotatable bonds is 9. The van der Waals surface area contributed by atoms with Crippen molar-refractivity contribution in [2.75, 3.05) is 46.4 Å². The summed E-state index contributed by atoms with van der Waals surface area (Å²) in [7, 11) is 1.61. The predicted molar refractivity (Wildman–Crippen MR) is 118 cm³/mol. The first-order chi connectivity index (χ1) is 15.4. The number of amides is 1. The molecule has 32 heavy (non-hydrogen) atoms. The van der Waals surface area contributed by atoms with Gasteiger partial charge in [-0.3, -0.25) is 14.5 Å². The van der Waals surface area contributed by atoms with Crippen molar-refractivity contribution in [1.82, 2.24) is 15.1 Å². The molecule has 1 aliphatic heterocycles. The van der Waals surface area contributed by atoms with Crippen LogP contribution in [0, 0.1) is 11.6 Å². The maximum absolute atomic E-state index is 13.4. The number of carbonyl (C=O) groups excluding carboxylic acids is 2. The lowest BCUT2D eigenvalue weighted by Gasteiger charge is -2.39. The molecule has 1 atom stereocenters. The second-order valence-electron chi connectivity index (χ2n) is 7.79. The van der Waals surface area contributed by atoms with E-state index in [9.17, 15) is 18.4 Å². The first-order valence-electron chi connectivity index (χ1n) is 10.8. The van der Waals surface area contributed by atoms with E-state index in [-0.39, 0.29) is 24.6 Å². The number of halogens is 2. The number of nitrogens with zero attached hydrogens (tertiary/aromatic N) is 2. The van der Waals surface area contributed by atoms with E-state index >= 15 is 0 Å². The number of carbonyl (C=O) groups is 2. The molecule has 1 N–H and O–H groups in total. The van der Waals surface area contributed by atoms with Gasteiger partial charge in [-0.15, -0.1) is 0 Å². The summed E-state index contributed by atoms with van der Waals surface area (Å²) in [5, 5.41) is 2.73. The predicted octanol–water partition coefficient (Wildman–Crippen LogP) is 2.58.